The number of carbonyl (C=O) groups is 1. The largest absolute Gasteiger partial charge is 0.489 e. The van der Waals surface area contributed by atoms with Gasteiger partial charge in [0, 0.05) is 37.6 Å². The monoisotopic (exact) mass is 508 g/mol. The van der Waals surface area contributed by atoms with Crippen molar-refractivity contribution in [2.24, 2.45) is 4.99 Å². The standard InChI is InChI=1S/C19H29ClN4O2.HI/c1-3-21-19(22-11-10-18(25)24-12-4-5-13-24)23-14-15(2)26-17-8-6-16(20)7-9-17;/h6-9,15H,3-5,10-14H2,1-2H3,(H2,21,22,23);1H. The highest BCUT2D eigenvalue weighted by molar-refractivity contribution is 14.0. The van der Waals surface area contributed by atoms with Gasteiger partial charge >= 0.3 is 0 Å². The molecule has 0 radical (unpaired) electrons. The molecule has 0 aromatic heterocycles. The lowest BCUT2D eigenvalue weighted by Gasteiger charge is -2.17. The summed E-state index contributed by atoms with van der Waals surface area (Å²) in [6.07, 6.45) is 2.66. The molecule has 1 aliphatic rings. The Morgan fingerprint density at radius 3 is 2.56 bits per heavy atom. The second-order valence-corrected chi connectivity index (χ2v) is 6.80. The first kappa shape index (κ1) is 23.8. The highest BCUT2D eigenvalue weighted by atomic mass is 127. The minimum atomic E-state index is -0.0714. The van der Waals surface area contributed by atoms with Gasteiger partial charge in [-0.15, -0.1) is 24.0 Å². The molecule has 2 rings (SSSR count). The molecule has 1 atom stereocenters. The summed E-state index contributed by atoms with van der Waals surface area (Å²) in [5, 5.41) is 7.10. The van der Waals surface area contributed by atoms with Crippen LogP contribution < -0.4 is 15.4 Å². The molecule has 1 aromatic rings. The Labute approximate surface area is 184 Å². The molecule has 1 aromatic carbocycles. The van der Waals surface area contributed by atoms with E-state index < -0.39 is 0 Å². The lowest BCUT2D eigenvalue weighted by atomic mass is 10.3. The number of amides is 1. The molecule has 1 saturated heterocycles. The fourth-order valence-corrected chi connectivity index (χ4v) is 2.88. The number of hydrogen-bond donors (Lipinski definition) is 2. The average molecular weight is 509 g/mol. The van der Waals surface area contributed by atoms with Gasteiger partial charge in [0.25, 0.3) is 0 Å². The molecule has 27 heavy (non-hydrogen) atoms. The molecular weight excluding hydrogens is 479 g/mol. The van der Waals surface area contributed by atoms with Gasteiger partial charge in [-0.25, -0.2) is 4.99 Å². The molecule has 1 heterocycles. The van der Waals surface area contributed by atoms with Gasteiger partial charge in [-0.1, -0.05) is 11.6 Å². The van der Waals surface area contributed by atoms with Crippen molar-refractivity contribution >= 4 is 47.4 Å². The third-order valence-electron chi connectivity index (χ3n) is 4.09. The average Bonchev–Trinajstić information content (AvgIpc) is 3.16. The minimum absolute atomic E-state index is 0. The lowest BCUT2D eigenvalue weighted by molar-refractivity contribution is -0.129. The first-order valence-corrected chi connectivity index (χ1v) is 9.68. The third-order valence-corrected chi connectivity index (χ3v) is 4.34. The summed E-state index contributed by atoms with van der Waals surface area (Å²) in [6.45, 7) is 7.63. The van der Waals surface area contributed by atoms with Crippen LogP contribution in [-0.2, 0) is 4.79 Å². The fourth-order valence-electron chi connectivity index (χ4n) is 2.76. The van der Waals surface area contributed by atoms with E-state index in [1.54, 1.807) is 12.1 Å². The Bertz CT molecular complexity index is 592. The molecule has 0 spiro atoms. The molecule has 8 heteroatoms. The van der Waals surface area contributed by atoms with E-state index in [1.165, 1.54) is 0 Å². The Kier molecular flexibility index (Phi) is 11.5. The van der Waals surface area contributed by atoms with E-state index in [9.17, 15) is 4.79 Å². The number of aliphatic imine (C=N–C) groups is 1. The third kappa shape index (κ3) is 9.01. The van der Waals surface area contributed by atoms with Crippen LogP contribution in [0.25, 0.3) is 0 Å². The molecule has 152 valence electrons. The summed E-state index contributed by atoms with van der Waals surface area (Å²) in [5.74, 6) is 1.69. The second-order valence-electron chi connectivity index (χ2n) is 6.37. The summed E-state index contributed by atoms with van der Waals surface area (Å²) in [5.41, 5.74) is 0. The van der Waals surface area contributed by atoms with Crippen LogP contribution in [0.4, 0.5) is 0 Å². The molecule has 1 unspecified atom stereocenters. The van der Waals surface area contributed by atoms with Gasteiger partial charge in [0.15, 0.2) is 5.96 Å². The summed E-state index contributed by atoms with van der Waals surface area (Å²) in [7, 11) is 0. The summed E-state index contributed by atoms with van der Waals surface area (Å²) in [4.78, 5) is 18.6. The van der Waals surface area contributed by atoms with E-state index in [1.807, 2.05) is 30.9 Å². The maximum absolute atomic E-state index is 12.1. The lowest BCUT2D eigenvalue weighted by Crippen LogP contribution is -2.40. The number of nitrogens with one attached hydrogen (secondary N) is 2. The number of benzene rings is 1. The molecule has 0 saturated carbocycles. The number of halogens is 2. The van der Waals surface area contributed by atoms with Gasteiger partial charge in [0.05, 0.1) is 6.54 Å². The number of nitrogens with zero attached hydrogens (tertiary/aromatic N) is 2. The van der Waals surface area contributed by atoms with Crippen molar-refractivity contribution in [3.63, 3.8) is 0 Å². The van der Waals surface area contributed by atoms with Crippen molar-refractivity contribution in [2.45, 2.75) is 39.2 Å². The van der Waals surface area contributed by atoms with Crippen molar-refractivity contribution in [3.8, 4) is 5.75 Å². The Balaban J connectivity index is 0.00000364. The second kappa shape index (κ2) is 13.0. The number of ether oxygens (including phenoxy) is 1. The van der Waals surface area contributed by atoms with Crippen molar-refractivity contribution in [3.05, 3.63) is 29.3 Å². The Morgan fingerprint density at radius 2 is 1.93 bits per heavy atom. The number of rotatable bonds is 8. The highest BCUT2D eigenvalue weighted by Crippen LogP contribution is 2.16. The molecular formula is C19H30ClIN4O2. The van der Waals surface area contributed by atoms with Crippen molar-refractivity contribution in [1.82, 2.24) is 15.5 Å². The van der Waals surface area contributed by atoms with Crippen LogP contribution in [0.1, 0.15) is 33.1 Å². The number of likely N-dealkylation sites (tertiary alicyclic amines) is 1. The quantitative estimate of drug-likeness (QED) is 0.321. The van der Waals surface area contributed by atoms with Gasteiger partial charge in [-0.05, 0) is 51.0 Å². The van der Waals surface area contributed by atoms with E-state index in [4.69, 9.17) is 16.3 Å². The van der Waals surface area contributed by atoms with E-state index >= 15 is 0 Å². The van der Waals surface area contributed by atoms with Crippen LogP contribution in [0.5, 0.6) is 5.75 Å². The zero-order valence-electron chi connectivity index (χ0n) is 16.0. The van der Waals surface area contributed by atoms with Crippen LogP contribution >= 0.6 is 35.6 Å². The summed E-state index contributed by atoms with van der Waals surface area (Å²) < 4.78 is 5.83. The molecule has 0 aliphatic carbocycles. The molecule has 1 amide bonds. The SMILES string of the molecule is CCNC(=NCC(C)Oc1ccc(Cl)cc1)NCCC(=O)N1CCCC1.I. The van der Waals surface area contributed by atoms with Crippen LogP contribution in [0.2, 0.25) is 5.02 Å². The van der Waals surface area contributed by atoms with Crippen LogP contribution in [-0.4, -0.2) is 55.6 Å². The summed E-state index contributed by atoms with van der Waals surface area (Å²) >= 11 is 5.88. The van der Waals surface area contributed by atoms with E-state index in [0.29, 0.717) is 30.5 Å². The topological polar surface area (TPSA) is 66.0 Å². The minimum Gasteiger partial charge on any atom is -0.489 e. The van der Waals surface area contributed by atoms with Crippen molar-refractivity contribution in [2.75, 3.05) is 32.7 Å². The smallest absolute Gasteiger partial charge is 0.224 e. The van der Waals surface area contributed by atoms with Gasteiger partial charge < -0.3 is 20.3 Å². The van der Waals surface area contributed by atoms with Gasteiger partial charge in [-0.2, -0.15) is 0 Å². The molecule has 1 fully saturated rings. The maximum Gasteiger partial charge on any atom is 0.224 e. The van der Waals surface area contributed by atoms with Gasteiger partial charge in [0.2, 0.25) is 5.91 Å². The first-order chi connectivity index (χ1) is 12.6. The zero-order valence-corrected chi connectivity index (χ0v) is 19.1. The van der Waals surface area contributed by atoms with E-state index in [-0.39, 0.29) is 36.0 Å². The Hall–Kier alpha value is -1.22. The number of hydrogen-bond acceptors (Lipinski definition) is 3. The molecule has 6 nitrogen and oxygen atoms in total. The Morgan fingerprint density at radius 1 is 1.26 bits per heavy atom. The van der Waals surface area contributed by atoms with Crippen molar-refractivity contribution < 1.29 is 9.53 Å². The predicted octanol–water partition coefficient (Wildman–Crippen LogP) is 3.29. The summed E-state index contributed by atoms with van der Waals surface area (Å²) in [6, 6.07) is 7.29. The first-order valence-electron chi connectivity index (χ1n) is 9.30. The number of carbonyl (C=O) groups excluding carboxylic acids is 1. The molecule has 1 aliphatic heterocycles. The molecule has 2 N–H and O–H groups in total. The van der Waals surface area contributed by atoms with Crippen LogP contribution in [0, 0.1) is 0 Å². The van der Waals surface area contributed by atoms with E-state index in [2.05, 4.69) is 15.6 Å². The fraction of sp³-hybridized carbons (Fsp3) is 0.579. The van der Waals surface area contributed by atoms with E-state index in [0.717, 1.165) is 38.2 Å². The van der Waals surface area contributed by atoms with Crippen LogP contribution in [0.15, 0.2) is 29.3 Å². The van der Waals surface area contributed by atoms with Gasteiger partial charge in [-0.3, -0.25) is 4.79 Å². The van der Waals surface area contributed by atoms with Crippen LogP contribution in [0.3, 0.4) is 0 Å². The van der Waals surface area contributed by atoms with Crippen molar-refractivity contribution in [1.29, 1.82) is 0 Å². The zero-order chi connectivity index (χ0) is 18.8. The predicted molar refractivity (Wildman–Crippen MR) is 121 cm³/mol. The maximum atomic E-state index is 12.1. The number of guanidine groups is 1. The van der Waals surface area contributed by atoms with Gasteiger partial charge in [0.1, 0.15) is 11.9 Å². The highest BCUT2D eigenvalue weighted by Gasteiger charge is 2.17. The molecule has 0 bridgehead atoms. The normalized spacial score (nSPS) is 15.1.